The molecule has 0 amide bonds. The van der Waals surface area contributed by atoms with Crippen molar-refractivity contribution in [3.8, 4) is 0 Å². The molecule has 1 aliphatic heterocycles. The molecule has 1 rings (SSSR count). The molecule has 1 saturated heterocycles. The molecule has 1 aliphatic rings. The fraction of sp³-hybridized carbons (Fsp3) is 0.750. The summed E-state index contributed by atoms with van der Waals surface area (Å²) >= 11 is 0. The third-order valence-corrected chi connectivity index (χ3v) is 0.908. The van der Waals surface area contributed by atoms with Crippen LogP contribution in [0.1, 0.15) is 6.42 Å². The Bertz CT molecular complexity index is 93.3. The van der Waals surface area contributed by atoms with E-state index in [9.17, 15) is 4.79 Å². The summed E-state index contributed by atoms with van der Waals surface area (Å²) in [5.74, 6) is -0.486. The lowest BCUT2D eigenvalue weighted by Gasteiger charge is -1.88. The van der Waals surface area contributed by atoms with E-state index in [4.69, 9.17) is 5.11 Å². The van der Waals surface area contributed by atoms with Crippen molar-refractivity contribution in [1.82, 2.24) is 0 Å². The molecule has 8 heavy (non-hydrogen) atoms. The van der Waals surface area contributed by atoms with Crippen LogP contribution < -0.4 is 0 Å². The van der Waals surface area contributed by atoms with Crippen molar-refractivity contribution in [3.63, 3.8) is 0 Å². The van der Waals surface area contributed by atoms with E-state index >= 15 is 0 Å². The first-order valence-corrected chi connectivity index (χ1v) is 2.15. The maximum atomic E-state index is 10.1. The van der Waals surface area contributed by atoms with E-state index < -0.39 is 12.1 Å². The summed E-state index contributed by atoms with van der Waals surface area (Å²) < 4.78 is 4.38. The van der Waals surface area contributed by atoms with Crippen LogP contribution in [0.15, 0.2) is 0 Å². The molecule has 3 nitrogen and oxygen atoms in total. The molecule has 0 saturated carbocycles. The molecule has 1 unspecified atom stereocenters. The minimum atomic E-state index is -0.847. The number of hydrogen-bond donors (Lipinski definition) is 1. The van der Waals surface area contributed by atoms with Crippen LogP contribution in [0.3, 0.4) is 0 Å². The smallest absolute Gasteiger partial charge is 0.335 e. The Labute approximate surface area is 53.1 Å². The first-order chi connectivity index (χ1) is 3.30. The van der Waals surface area contributed by atoms with Crippen molar-refractivity contribution < 1.29 is 14.6 Å². The monoisotopic (exact) mass is 138 g/mol. The molecule has 0 aromatic rings. The zero-order valence-corrected chi connectivity index (χ0v) is 4.98. The second kappa shape index (κ2) is 2.89. The molecular weight excluding hydrogens is 131 g/mol. The van der Waals surface area contributed by atoms with Crippen LogP contribution in [0, 0.1) is 0 Å². The second-order valence-electron chi connectivity index (χ2n) is 1.47. The number of carbonyl (C=O) groups is 1. The summed E-state index contributed by atoms with van der Waals surface area (Å²) in [6.07, 6.45) is -0.390. The van der Waals surface area contributed by atoms with Crippen LogP contribution in [-0.2, 0) is 9.53 Å². The molecule has 0 bridgehead atoms. The number of carbonyl (C=O) groups excluding carboxylic acids is 1. The van der Waals surface area contributed by atoms with Crippen LogP contribution in [0.25, 0.3) is 0 Å². The van der Waals surface area contributed by atoms with Crippen molar-refractivity contribution >= 4 is 18.4 Å². The average Bonchev–Trinajstić information content (AvgIpc) is 1.91. The molecule has 0 radical (unpaired) electrons. The molecule has 4 heteroatoms. The lowest BCUT2D eigenvalue weighted by Crippen LogP contribution is -2.11. The van der Waals surface area contributed by atoms with Gasteiger partial charge in [-0.15, -0.1) is 12.4 Å². The molecule has 1 N–H and O–H groups in total. The number of aliphatic hydroxyl groups is 1. The number of ether oxygens (including phenoxy) is 1. The van der Waals surface area contributed by atoms with Crippen LogP contribution in [0.2, 0.25) is 0 Å². The van der Waals surface area contributed by atoms with Crippen molar-refractivity contribution in [1.29, 1.82) is 0 Å². The van der Waals surface area contributed by atoms with E-state index in [-0.39, 0.29) is 12.4 Å². The zero-order valence-electron chi connectivity index (χ0n) is 4.16. The Morgan fingerprint density at radius 1 is 1.75 bits per heavy atom. The van der Waals surface area contributed by atoms with Crippen molar-refractivity contribution in [2.75, 3.05) is 6.61 Å². The predicted octanol–water partition coefficient (Wildman–Crippen LogP) is -0.284. The average molecular weight is 139 g/mol. The van der Waals surface area contributed by atoms with Gasteiger partial charge in [0.05, 0.1) is 6.61 Å². The Morgan fingerprint density at radius 3 is 2.50 bits per heavy atom. The minimum absolute atomic E-state index is 0. The van der Waals surface area contributed by atoms with Crippen LogP contribution in [-0.4, -0.2) is 23.8 Å². The molecule has 1 fully saturated rings. The van der Waals surface area contributed by atoms with Crippen LogP contribution in [0.4, 0.5) is 0 Å². The van der Waals surface area contributed by atoms with Crippen molar-refractivity contribution in [2.45, 2.75) is 12.5 Å². The van der Waals surface area contributed by atoms with E-state index in [1.807, 2.05) is 0 Å². The number of hydrogen-bond acceptors (Lipinski definition) is 3. The normalized spacial score (nSPS) is 26.6. The highest BCUT2D eigenvalue weighted by Crippen LogP contribution is 2.03. The number of aliphatic hydroxyl groups excluding tert-OH is 1. The van der Waals surface area contributed by atoms with E-state index in [0.717, 1.165) is 0 Å². The highest BCUT2D eigenvalue weighted by molar-refractivity contribution is 5.85. The van der Waals surface area contributed by atoms with Gasteiger partial charge in [-0.3, -0.25) is 0 Å². The van der Waals surface area contributed by atoms with Gasteiger partial charge in [-0.1, -0.05) is 0 Å². The SMILES string of the molecule is Cl.O=C1OCCC1O. The molecule has 1 heterocycles. The second-order valence-corrected chi connectivity index (χ2v) is 1.47. The third kappa shape index (κ3) is 1.35. The Kier molecular flexibility index (Phi) is 2.79. The van der Waals surface area contributed by atoms with Gasteiger partial charge in [-0.2, -0.15) is 0 Å². The maximum Gasteiger partial charge on any atom is 0.335 e. The minimum Gasteiger partial charge on any atom is -0.464 e. The summed E-state index contributed by atoms with van der Waals surface area (Å²) in [6, 6.07) is 0. The van der Waals surface area contributed by atoms with Gasteiger partial charge < -0.3 is 9.84 Å². The summed E-state index contributed by atoms with van der Waals surface area (Å²) in [4.78, 5) is 10.1. The largest absolute Gasteiger partial charge is 0.464 e. The first kappa shape index (κ1) is 7.72. The highest BCUT2D eigenvalue weighted by atomic mass is 35.5. The van der Waals surface area contributed by atoms with Gasteiger partial charge in [0.15, 0.2) is 6.10 Å². The quantitative estimate of drug-likeness (QED) is 0.468. The van der Waals surface area contributed by atoms with E-state index in [1.54, 1.807) is 0 Å². The highest BCUT2D eigenvalue weighted by Gasteiger charge is 2.22. The Hall–Kier alpha value is -0.280. The molecule has 0 aromatic heterocycles. The van der Waals surface area contributed by atoms with Crippen LogP contribution >= 0.6 is 12.4 Å². The number of rotatable bonds is 0. The summed E-state index contributed by atoms with van der Waals surface area (Å²) in [7, 11) is 0. The number of esters is 1. The molecule has 48 valence electrons. The molecule has 0 aromatic carbocycles. The summed E-state index contributed by atoms with van der Waals surface area (Å²) in [5.41, 5.74) is 0. The lowest BCUT2D eigenvalue weighted by molar-refractivity contribution is -0.144. The van der Waals surface area contributed by atoms with Gasteiger partial charge in [0.25, 0.3) is 0 Å². The molecule has 0 spiro atoms. The predicted molar refractivity (Wildman–Crippen MR) is 28.8 cm³/mol. The van der Waals surface area contributed by atoms with E-state index in [2.05, 4.69) is 4.74 Å². The summed E-state index contributed by atoms with van der Waals surface area (Å²) in [5, 5.41) is 8.52. The van der Waals surface area contributed by atoms with Gasteiger partial charge in [-0.25, -0.2) is 4.79 Å². The topological polar surface area (TPSA) is 46.5 Å². The van der Waals surface area contributed by atoms with E-state index in [1.165, 1.54) is 0 Å². The first-order valence-electron chi connectivity index (χ1n) is 2.15. The fourth-order valence-corrected chi connectivity index (χ4v) is 0.485. The fourth-order valence-electron chi connectivity index (χ4n) is 0.485. The third-order valence-electron chi connectivity index (χ3n) is 0.908. The summed E-state index contributed by atoms with van der Waals surface area (Å²) in [6.45, 7) is 0.375. The van der Waals surface area contributed by atoms with Gasteiger partial charge in [0.1, 0.15) is 0 Å². The van der Waals surface area contributed by atoms with Gasteiger partial charge in [0.2, 0.25) is 0 Å². The molecule has 0 aliphatic carbocycles. The Balaban J connectivity index is 0.000000490. The zero-order chi connectivity index (χ0) is 5.28. The van der Waals surface area contributed by atoms with E-state index in [0.29, 0.717) is 13.0 Å². The number of halogens is 1. The van der Waals surface area contributed by atoms with Gasteiger partial charge in [0, 0.05) is 6.42 Å². The molecular formula is C4H7ClO3. The number of cyclic esters (lactones) is 1. The standard InChI is InChI=1S/C4H6O3.ClH/c5-3-1-2-7-4(3)6;/h3,5H,1-2H2;1H. The Morgan fingerprint density at radius 2 is 2.38 bits per heavy atom. The maximum absolute atomic E-state index is 10.1. The lowest BCUT2D eigenvalue weighted by atomic mass is 10.3. The van der Waals surface area contributed by atoms with Crippen molar-refractivity contribution in [3.05, 3.63) is 0 Å². The molecule has 1 atom stereocenters. The van der Waals surface area contributed by atoms with Gasteiger partial charge >= 0.3 is 5.97 Å². The van der Waals surface area contributed by atoms with Crippen LogP contribution in [0.5, 0.6) is 0 Å². The van der Waals surface area contributed by atoms with Crippen molar-refractivity contribution in [2.24, 2.45) is 0 Å². The van der Waals surface area contributed by atoms with Gasteiger partial charge in [-0.05, 0) is 0 Å².